The number of carboxylic acids is 1. The molecule has 0 amide bonds. The normalized spacial score (nSPS) is 20.1. The molecule has 3 aromatic rings. The molecule has 2 aliphatic rings. The third-order valence-corrected chi connectivity index (χ3v) is 9.89. The lowest BCUT2D eigenvalue weighted by molar-refractivity contribution is 0.0690. The molecule has 1 saturated carbocycles. The number of carboxylic acid groups (broad SMARTS) is 1. The Bertz CT molecular complexity index is 1490. The Morgan fingerprint density at radius 3 is 2.37 bits per heavy atom. The predicted molar refractivity (Wildman–Crippen MR) is 143 cm³/mol. The molecule has 200 valence electrons. The highest BCUT2D eigenvalue weighted by Crippen LogP contribution is 2.44. The molecule has 38 heavy (non-hydrogen) atoms. The molecule has 1 fully saturated rings. The average Bonchev–Trinajstić information content (AvgIpc) is 2.98. The number of aromatic carboxylic acids is 1. The van der Waals surface area contributed by atoms with Crippen LogP contribution in [0.2, 0.25) is 5.02 Å². The Morgan fingerprint density at radius 1 is 1.03 bits per heavy atom. The van der Waals surface area contributed by atoms with Crippen molar-refractivity contribution in [2.45, 2.75) is 43.0 Å². The zero-order valence-electron chi connectivity index (χ0n) is 20.7. The summed E-state index contributed by atoms with van der Waals surface area (Å²) in [6.45, 7) is 0.418. The van der Waals surface area contributed by atoms with Crippen molar-refractivity contribution in [2.75, 3.05) is 18.5 Å². The Morgan fingerprint density at radius 2 is 1.71 bits per heavy atom. The molecule has 0 saturated heterocycles. The quantitative estimate of drug-likeness (QED) is 0.384. The highest BCUT2D eigenvalue weighted by Gasteiger charge is 2.41. The summed E-state index contributed by atoms with van der Waals surface area (Å²) in [5, 5.41) is 9.43. The fourth-order valence-corrected chi connectivity index (χ4v) is 7.51. The van der Waals surface area contributed by atoms with Gasteiger partial charge in [-0.25, -0.2) is 22.0 Å². The Balaban J connectivity index is 1.73. The first kappa shape index (κ1) is 26.6. The Labute approximate surface area is 225 Å². The highest BCUT2D eigenvalue weighted by atomic mass is 35.5. The number of hydrogen-bond acceptors (Lipinski definition) is 4. The predicted octanol–water partition coefficient (Wildman–Crippen LogP) is 6.70. The first-order chi connectivity index (χ1) is 18.1. The summed E-state index contributed by atoms with van der Waals surface area (Å²) in [7, 11) is -2.46. The van der Waals surface area contributed by atoms with Crippen LogP contribution in [-0.2, 0) is 10.0 Å². The lowest BCUT2D eigenvalue weighted by atomic mass is 9.83. The van der Waals surface area contributed by atoms with E-state index in [9.17, 15) is 27.1 Å². The van der Waals surface area contributed by atoms with Crippen LogP contribution < -0.4 is 4.90 Å². The maximum Gasteiger partial charge on any atom is 0.338 e. The molecule has 0 radical (unpaired) electrons. The number of rotatable bonds is 4. The van der Waals surface area contributed by atoms with Gasteiger partial charge in [0.15, 0.2) is 11.6 Å². The van der Waals surface area contributed by atoms with Crippen LogP contribution in [0, 0.1) is 17.6 Å². The average molecular weight is 561 g/mol. The van der Waals surface area contributed by atoms with Crippen molar-refractivity contribution in [3.8, 4) is 11.1 Å². The second-order valence-corrected chi connectivity index (χ2v) is 12.2. The molecule has 5 rings (SSSR count). The Hall–Kier alpha value is -3.01. The molecule has 1 atom stereocenters. The first-order valence-electron chi connectivity index (χ1n) is 12.5. The van der Waals surface area contributed by atoms with Crippen LogP contribution in [0.3, 0.4) is 0 Å². The summed E-state index contributed by atoms with van der Waals surface area (Å²) < 4.78 is 58.0. The minimum atomic E-state index is -4.04. The van der Waals surface area contributed by atoms with Gasteiger partial charge in [-0.05, 0) is 60.7 Å². The van der Waals surface area contributed by atoms with Gasteiger partial charge in [0.1, 0.15) is 4.90 Å². The summed E-state index contributed by atoms with van der Waals surface area (Å²) in [5.74, 6) is -4.32. The molecular formula is C28H27ClF2N2O4S. The minimum Gasteiger partial charge on any atom is -0.478 e. The summed E-state index contributed by atoms with van der Waals surface area (Å²) in [6.07, 6.45) is 5.09. The number of benzene rings is 3. The molecule has 0 aromatic heterocycles. The third kappa shape index (κ3) is 4.67. The molecule has 0 unspecified atom stereocenters. The topological polar surface area (TPSA) is 77.9 Å². The van der Waals surface area contributed by atoms with Crippen molar-refractivity contribution in [1.82, 2.24) is 4.31 Å². The number of sulfonamides is 1. The minimum absolute atomic E-state index is 0.0358. The molecule has 0 bridgehead atoms. The van der Waals surface area contributed by atoms with E-state index in [1.54, 1.807) is 7.05 Å². The van der Waals surface area contributed by atoms with Gasteiger partial charge in [0.25, 0.3) is 0 Å². The number of anilines is 2. The monoisotopic (exact) mass is 560 g/mol. The van der Waals surface area contributed by atoms with Gasteiger partial charge in [0, 0.05) is 30.9 Å². The molecule has 1 N–H and O–H groups in total. The van der Waals surface area contributed by atoms with Crippen molar-refractivity contribution in [3.63, 3.8) is 0 Å². The van der Waals surface area contributed by atoms with Gasteiger partial charge in [-0.2, -0.15) is 4.31 Å². The number of halogens is 3. The van der Waals surface area contributed by atoms with Crippen LogP contribution in [0.5, 0.6) is 0 Å². The molecule has 0 spiro atoms. The highest BCUT2D eigenvalue weighted by molar-refractivity contribution is 7.89. The number of nitrogens with zero attached hydrogens (tertiary/aromatic N) is 2. The number of likely N-dealkylation sites (N-methyl/N-ethyl adjacent to an activating group) is 1. The van der Waals surface area contributed by atoms with Crippen molar-refractivity contribution >= 4 is 39.0 Å². The zero-order chi connectivity index (χ0) is 27.2. The summed E-state index contributed by atoms with van der Waals surface area (Å²) in [4.78, 5) is 13.4. The first-order valence-corrected chi connectivity index (χ1v) is 14.3. The van der Waals surface area contributed by atoms with Gasteiger partial charge >= 0.3 is 5.97 Å². The molecule has 6 nitrogen and oxygen atoms in total. The maximum absolute atomic E-state index is 14.4. The lowest BCUT2D eigenvalue weighted by Crippen LogP contribution is -2.46. The number of hydrogen-bond donors (Lipinski definition) is 1. The van der Waals surface area contributed by atoms with Gasteiger partial charge in [-0.1, -0.05) is 49.1 Å². The second-order valence-electron chi connectivity index (χ2n) is 9.86. The van der Waals surface area contributed by atoms with Gasteiger partial charge in [-0.3, -0.25) is 0 Å². The number of fused-ring (bicyclic) bond motifs is 1. The second kappa shape index (κ2) is 10.3. The van der Waals surface area contributed by atoms with E-state index >= 15 is 0 Å². The van der Waals surface area contributed by atoms with E-state index in [4.69, 9.17) is 11.6 Å². The van der Waals surface area contributed by atoms with E-state index in [1.165, 1.54) is 16.4 Å². The summed E-state index contributed by atoms with van der Waals surface area (Å²) in [5.41, 5.74) is 0.356. The van der Waals surface area contributed by atoms with Gasteiger partial charge < -0.3 is 10.0 Å². The standard InChI is InChI=1S/C28H27ClF2N2O4S/c1-32-25(17-8-4-2-5-9-17)16-33(19-10-6-3-7-11-19)24-15-22(29)20(14-26(24)38(32,36)37)18-12-21(28(34)35)27(31)23(30)13-18/h3,6-7,10-15,17,25H,2,4-5,8-9,16H2,1H3,(H,34,35)/t25-/m0/s1. The SMILES string of the molecule is CN1[C@H](C2CCCCC2)CN(c2ccccc2)c2cc(Cl)c(-c3cc(F)c(F)c(C(=O)O)c3)cc2S1(=O)=O. The third-order valence-electron chi connectivity index (χ3n) is 7.66. The van der Waals surface area contributed by atoms with Crippen molar-refractivity contribution in [1.29, 1.82) is 0 Å². The van der Waals surface area contributed by atoms with Crippen LogP contribution in [-0.4, -0.2) is 43.4 Å². The fraction of sp³-hybridized carbons (Fsp3) is 0.321. The largest absolute Gasteiger partial charge is 0.478 e. The smallest absolute Gasteiger partial charge is 0.338 e. The van der Waals surface area contributed by atoms with Gasteiger partial charge in [-0.15, -0.1) is 0 Å². The van der Waals surface area contributed by atoms with Gasteiger partial charge in [0.05, 0.1) is 16.3 Å². The number of para-hydroxylation sites is 1. The maximum atomic E-state index is 14.4. The molecule has 1 aliphatic carbocycles. The molecule has 3 aromatic carbocycles. The van der Waals surface area contributed by atoms with Crippen LogP contribution in [0.25, 0.3) is 11.1 Å². The van der Waals surface area contributed by atoms with E-state index in [1.807, 2.05) is 35.2 Å². The van der Waals surface area contributed by atoms with Crippen LogP contribution in [0.4, 0.5) is 20.2 Å². The van der Waals surface area contributed by atoms with Crippen LogP contribution in [0.1, 0.15) is 42.5 Å². The van der Waals surface area contributed by atoms with E-state index < -0.39 is 33.2 Å². The van der Waals surface area contributed by atoms with E-state index in [-0.39, 0.29) is 33.0 Å². The zero-order valence-corrected chi connectivity index (χ0v) is 22.3. The van der Waals surface area contributed by atoms with E-state index in [2.05, 4.69) is 0 Å². The molecule has 1 aliphatic heterocycles. The van der Waals surface area contributed by atoms with E-state index in [0.29, 0.717) is 12.2 Å². The molecular weight excluding hydrogens is 534 g/mol. The summed E-state index contributed by atoms with van der Waals surface area (Å²) in [6, 6.07) is 13.8. The number of carbonyl (C=O) groups is 1. The molecule has 10 heteroatoms. The lowest BCUT2D eigenvalue weighted by Gasteiger charge is -2.36. The fourth-order valence-electron chi connectivity index (χ4n) is 5.63. The van der Waals surface area contributed by atoms with E-state index in [0.717, 1.165) is 49.9 Å². The van der Waals surface area contributed by atoms with Gasteiger partial charge in [0.2, 0.25) is 10.0 Å². The Kier molecular flexibility index (Phi) is 7.19. The summed E-state index contributed by atoms with van der Waals surface area (Å²) >= 11 is 6.64. The van der Waals surface area contributed by atoms with Crippen molar-refractivity contribution in [2.24, 2.45) is 5.92 Å². The van der Waals surface area contributed by atoms with Crippen molar-refractivity contribution in [3.05, 3.63) is 76.8 Å². The van der Waals surface area contributed by atoms with Crippen LogP contribution >= 0.6 is 11.6 Å². The van der Waals surface area contributed by atoms with Crippen molar-refractivity contribution < 1.29 is 27.1 Å². The van der Waals surface area contributed by atoms with Crippen LogP contribution in [0.15, 0.2) is 59.5 Å². The molecule has 1 heterocycles.